The molecule has 15 heteroatoms. The highest BCUT2D eigenvalue weighted by molar-refractivity contribution is 5.98. The molecule has 1 fully saturated rings. The molecule has 67 heavy (non-hydrogen) atoms. The molecule has 0 bridgehead atoms. The molecule has 6 aromatic rings. The largest absolute Gasteiger partial charge is 0.391 e. The lowest BCUT2D eigenvalue weighted by molar-refractivity contribution is -0.145. The van der Waals surface area contributed by atoms with Gasteiger partial charge in [0.1, 0.15) is 30.7 Å². The van der Waals surface area contributed by atoms with Crippen LogP contribution in [0.2, 0.25) is 0 Å². The molecule has 5 aromatic carbocycles. The number of rotatable bonds is 13. The number of carbonyl (C=O) groups excluding carboxylic acids is 6. The van der Waals surface area contributed by atoms with Gasteiger partial charge >= 0.3 is 0 Å². The number of para-hydroxylation sites is 1. The number of amides is 6. The first kappa shape index (κ1) is 47.6. The molecular weight excluding hydrogens is 849 g/mol. The fourth-order valence-electron chi connectivity index (χ4n) is 8.51. The second-order valence-electron chi connectivity index (χ2n) is 17.1. The lowest BCUT2D eigenvalue weighted by Gasteiger charge is -2.32. The SMILES string of the molecule is C[C@@H](O)[C@@H]1NC(=O)[C@H](CCCCN)NC(=O)[C@@H](Cc2c[nH]c3ccccc23)NC(=O)CN(Cc2cccc3ccccc23)C(=O)CN(Cc2ccccc2)C(=O)[C@H](Cc2ccccc2)NC1=O. The van der Waals surface area contributed by atoms with Gasteiger partial charge in [0.2, 0.25) is 35.4 Å². The topological polar surface area (TPSA) is 219 Å². The van der Waals surface area contributed by atoms with Gasteiger partial charge in [-0.15, -0.1) is 0 Å². The Hall–Kier alpha value is -7.36. The molecule has 0 aliphatic carbocycles. The minimum absolute atomic E-state index is 0.00306. The normalized spacial score (nSPS) is 19.9. The third kappa shape index (κ3) is 12.5. The van der Waals surface area contributed by atoms with Crippen molar-refractivity contribution in [3.8, 4) is 0 Å². The van der Waals surface area contributed by atoms with Crippen LogP contribution in [0.3, 0.4) is 0 Å². The van der Waals surface area contributed by atoms with Gasteiger partial charge in [0.05, 0.1) is 12.6 Å². The van der Waals surface area contributed by atoms with Crippen LogP contribution in [0.4, 0.5) is 0 Å². The molecule has 348 valence electrons. The second-order valence-corrected chi connectivity index (χ2v) is 17.1. The number of nitrogens with zero attached hydrogens (tertiary/aromatic N) is 2. The average molecular weight is 907 g/mol. The van der Waals surface area contributed by atoms with E-state index in [1.54, 1.807) is 30.5 Å². The molecule has 0 spiro atoms. The zero-order valence-electron chi connectivity index (χ0n) is 37.5. The summed E-state index contributed by atoms with van der Waals surface area (Å²) >= 11 is 0. The van der Waals surface area contributed by atoms with E-state index in [1.807, 2.05) is 103 Å². The van der Waals surface area contributed by atoms with Gasteiger partial charge in [-0.3, -0.25) is 28.8 Å². The van der Waals surface area contributed by atoms with Crippen molar-refractivity contribution < 1.29 is 33.9 Å². The first-order valence-electron chi connectivity index (χ1n) is 22.7. The number of benzene rings is 5. The number of carbonyl (C=O) groups is 6. The van der Waals surface area contributed by atoms with Gasteiger partial charge in [0, 0.05) is 43.0 Å². The summed E-state index contributed by atoms with van der Waals surface area (Å²) in [4.78, 5) is 93.6. The van der Waals surface area contributed by atoms with Crippen molar-refractivity contribution in [3.05, 3.63) is 156 Å². The molecule has 1 aliphatic heterocycles. The van der Waals surface area contributed by atoms with Crippen molar-refractivity contribution in [3.63, 3.8) is 0 Å². The second kappa shape index (κ2) is 22.7. The van der Waals surface area contributed by atoms with Crippen LogP contribution in [-0.2, 0) is 54.7 Å². The third-order valence-electron chi connectivity index (χ3n) is 12.1. The Balaban J connectivity index is 1.32. The molecule has 8 N–H and O–H groups in total. The molecule has 6 amide bonds. The molecule has 2 heterocycles. The van der Waals surface area contributed by atoms with E-state index in [0.29, 0.717) is 30.5 Å². The summed E-state index contributed by atoms with van der Waals surface area (Å²) in [6.07, 6.45) is 1.40. The van der Waals surface area contributed by atoms with E-state index >= 15 is 4.79 Å². The number of aliphatic hydroxyl groups is 1. The van der Waals surface area contributed by atoms with Crippen molar-refractivity contribution in [2.24, 2.45) is 5.73 Å². The van der Waals surface area contributed by atoms with Gasteiger partial charge in [-0.2, -0.15) is 0 Å². The molecule has 7 rings (SSSR count). The summed E-state index contributed by atoms with van der Waals surface area (Å²) < 4.78 is 0. The molecule has 0 unspecified atom stereocenters. The molecule has 1 aromatic heterocycles. The molecule has 1 aliphatic rings. The number of aliphatic hydroxyl groups excluding tert-OH is 1. The Bertz CT molecular complexity index is 2670. The average Bonchev–Trinajstić information content (AvgIpc) is 3.74. The number of H-pyrrole nitrogens is 1. The quantitative estimate of drug-likeness (QED) is 0.0848. The maximum atomic E-state index is 15.1. The van der Waals surface area contributed by atoms with Gasteiger partial charge in [-0.05, 0) is 71.8 Å². The smallest absolute Gasteiger partial charge is 0.246 e. The van der Waals surface area contributed by atoms with Crippen molar-refractivity contribution >= 4 is 57.1 Å². The van der Waals surface area contributed by atoms with Crippen LogP contribution in [0.1, 0.15) is 48.4 Å². The minimum Gasteiger partial charge on any atom is -0.391 e. The van der Waals surface area contributed by atoms with Gasteiger partial charge < -0.3 is 46.9 Å². The van der Waals surface area contributed by atoms with Crippen molar-refractivity contribution in [2.75, 3.05) is 19.6 Å². The molecule has 0 radical (unpaired) electrons. The standard InChI is InChI=1S/C52H58N8O7/c1-34(61)48-51(66)57-45(27-35-15-4-2-5-16-35)52(67)60(30-36-17-6-3-7-18-36)33-47(63)59(31-38-21-14-20-37-19-8-9-22-40(37)38)32-46(62)55-44(28-39-29-54-42-24-11-10-23-41(39)42)50(65)56-43(49(64)58-48)25-12-13-26-53/h2-11,14-24,29,34,43-45,48,54,61H,12-13,25-28,30-33,53H2,1H3,(H,55,62)(H,56,65)(H,57,66)(H,58,64)/t34-,43+,44-,45+,48+/m1/s1. The van der Waals surface area contributed by atoms with E-state index in [-0.39, 0.29) is 32.4 Å². The van der Waals surface area contributed by atoms with Crippen molar-refractivity contribution in [2.45, 2.75) is 82.4 Å². The van der Waals surface area contributed by atoms with E-state index in [1.165, 1.54) is 16.7 Å². The number of hydrogen-bond acceptors (Lipinski definition) is 8. The van der Waals surface area contributed by atoms with Gasteiger partial charge in [0.15, 0.2) is 0 Å². The lowest BCUT2D eigenvalue weighted by Crippen LogP contribution is -2.62. The first-order chi connectivity index (χ1) is 32.5. The highest BCUT2D eigenvalue weighted by Gasteiger charge is 2.36. The van der Waals surface area contributed by atoms with Crippen LogP contribution in [0, 0.1) is 0 Å². The fourth-order valence-corrected chi connectivity index (χ4v) is 8.51. The maximum Gasteiger partial charge on any atom is 0.246 e. The molecule has 1 saturated heterocycles. The van der Waals surface area contributed by atoms with E-state index in [4.69, 9.17) is 5.73 Å². The fraction of sp³-hybridized carbons (Fsp3) is 0.308. The summed E-state index contributed by atoms with van der Waals surface area (Å²) in [6, 6.07) is 33.7. The number of aromatic nitrogens is 1. The zero-order valence-corrected chi connectivity index (χ0v) is 37.5. The summed E-state index contributed by atoms with van der Waals surface area (Å²) in [7, 11) is 0. The Morgan fingerprint density at radius 1 is 0.597 bits per heavy atom. The van der Waals surface area contributed by atoms with E-state index < -0.39 is 78.8 Å². The summed E-state index contributed by atoms with van der Waals surface area (Å²) in [5.41, 5.74) is 9.50. The highest BCUT2D eigenvalue weighted by atomic mass is 16.3. The number of unbranched alkanes of at least 4 members (excludes halogenated alkanes) is 1. The Morgan fingerprint density at radius 3 is 1.97 bits per heavy atom. The number of hydrogen-bond donors (Lipinski definition) is 7. The van der Waals surface area contributed by atoms with E-state index in [0.717, 1.165) is 32.8 Å². The number of aromatic amines is 1. The molecule has 0 saturated carbocycles. The van der Waals surface area contributed by atoms with Gasteiger partial charge in [-0.1, -0.05) is 121 Å². The highest BCUT2D eigenvalue weighted by Crippen LogP contribution is 2.22. The number of nitrogens with two attached hydrogens (primary N) is 1. The first-order valence-corrected chi connectivity index (χ1v) is 22.7. The number of nitrogens with one attached hydrogen (secondary N) is 5. The van der Waals surface area contributed by atoms with E-state index in [9.17, 15) is 29.1 Å². The van der Waals surface area contributed by atoms with Crippen LogP contribution in [0.25, 0.3) is 21.7 Å². The minimum atomic E-state index is -1.56. The van der Waals surface area contributed by atoms with Crippen LogP contribution in [0.15, 0.2) is 134 Å². The summed E-state index contributed by atoms with van der Waals surface area (Å²) in [5, 5.41) is 24.8. The van der Waals surface area contributed by atoms with Crippen LogP contribution in [0.5, 0.6) is 0 Å². The van der Waals surface area contributed by atoms with Crippen LogP contribution in [-0.4, -0.2) is 105 Å². The van der Waals surface area contributed by atoms with E-state index in [2.05, 4.69) is 26.3 Å². The van der Waals surface area contributed by atoms with Gasteiger partial charge in [-0.25, -0.2) is 0 Å². The van der Waals surface area contributed by atoms with Crippen molar-refractivity contribution in [1.29, 1.82) is 0 Å². The predicted molar refractivity (Wildman–Crippen MR) is 256 cm³/mol. The lowest BCUT2D eigenvalue weighted by atomic mass is 10.0. The Labute approximate surface area is 389 Å². The monoisotopic (exact) mass is 906 g/mol. The Kier molecular flexibility index (Phi) is 16.1. The zero-order chi connectivity index (χ0) is 47.3. The summed E-state index contributed by atoms with van der Waals surface area (Å²) in [5.74, 6) is -4.10. The molecule has 15 nitrogen and oxygen atoms in total. The summed E-state index contributed by atoms with van der Waals surface area (Å²) in [6.45, 7) is 0.621. The van der Waals surface area contributed by atoms with Crippen LogP contribution < -0.4 is 27.0 Å². The predicted octanol–water partition coefficient (Wildman–Crippen LogP) is 3.63. The molecular formula is C52H58N8O7. The van der Waals surface area contributed by atoms with Gasteiger partial charge in [0.25, 0.3) is 0 Å². The number of fused-ring (bicyclic) bond motifs is 2. The maximum absolute atomic E-state index is 15.1. The third-order valence-corrected chi connectivity index (χ3v) is 12.1. The van der Waals surface area contributed by atoms with Crippen LogP contribution >= 0.6 is 0 Å². The molecule has 5 atom stereocenters. The Morgan fingerprint density at radius 2 is 1.24 bits per heavy atom. The van der Waals surface area contributed by atoms with Crippen molar-refractivity contribution in [1.82, 2.24) is 36.1 Å².